The lowest BCUT2D eigenvalue weighted by atomic mass is 10.5. The molecule has 0 bridgehead atoms. The molecule has 0 aliphatic rings. The number of nitrogens with zero attached hydrogens (tertiary/aromatic N) is 1. The van der Waals surface area contributed by atoms with Crippen LogP contribution in [0.3, 0.4) is 0 Å². The molecule has 0 spiro atoms. The minimum Gasteiger partial charge on any atom is -0.478 e. The number of nitrogens with one attached hydrogen (secondary N) is 1. The van der Waals surface area contributed by atoms with Gasteiger partial charge in [0.25, 0.3) is 0 Å². The largest absolute Gasteiger partial charge is 0.478 e. The molecule has 2 N–H and O–H groups in total. The zero-order valence-corrected chi connectivity index (χ0v) is 9.13. The summed E-state index contributed by atoms with van der Waals surface area (Å²) in [6, 6.07) is 0. The van der Waals surface area contributed by atoms with Gasteiger partial charge < -0.3 is 5.11 Å². The summed E-state index contributed by atoms with van der Waals surface area (Å²) in [6.45, 7) is 0. The van der Waals surface area contributed by atoms with E-state index in [1.807, 2.05) is 0 Å². The van der Waals surface area contributed by atoms with Crippen molar-refractivity contribution in [2.24, 2.45) is 0 Å². The number of halogens is 1. The molecule has 0 aromatic carbocycles. The molecular formula is C7H5BrN2O3S. The van der Waals surface area contributed by atoms with Crippen LogP contribution < -0.4 is 5.32 Å². The van der Waals surface area contributed by atoms with E-state index in [-0.39, 0.29) is 0 Å². The summed E-state index contributed by atoms with van der Waals surface area (Å²) in [5, 5.41) is 11.1. The van der Waals surface area contributed by atoms with Gasteiger partial charge in [-0.15, -0.1) is 0 Å². The number of thiazole rings is 1. The summed E-state index contributed by atoms with van der Waals surface area (Å²) < 4.78 is 0.787. The van der Waals surface area contributed by atoms with Crippen molar-refractivity contribution >= 4 is 44.3 Å². The SMILES string of the molecule is O=C(O)/C=C\C(=O)Nc1ncc(Br)s1. The topological polar surface area (TPSA) is 79.3 Å². The van der Waals surface area contributed by atoms with E-state index in [4.69, 9.17) is 5.11 Å². The monoisotopic (exact) mass is 276 g/mol. The highest BCUT2D eigenvalue weighted by atomic mass is 79.9. The van der Waals surface area contributed by atoms with Crippen LogP contribution in [0.25, 0.3) is 0 Å². The molecule has 1 aromatic rings. The number of aliphatic carboxylic acids is 1. The molecule has 1 amide bonds. The van der Waals surface area contributed by atoms with Crippen molar-refractivity contribution < 1.29 is 14.7 Å². The van der Waals surface area contributed by atoms with Gasteiger partial charge in [0.2, 0.25) is 5.91 Å². The molecule has 1 heterocycles. The summed E-state index contributed by atoms with van der Waals surface area (Å²) >= 11 is 4.42. The minimum atomic E-state index is -1.17. The summed E-state index contributed by atoms with van der Waals surface area (Å²) in [5.41, 5.74) is 0. The summed E-state index contributed by atoms with van der Waals surface area (Å²) in [4.78, 5) is 24.9. The van der Waals surface area contributed by atoms with E-state index < -0.39 is 11.9 Å². The van der Waals surface area contributed by atoms with E-state index in [0.29, 0.717) is 5.13 Å². The van der Waals surface area contributed by atoms with Gasteiger partial charge in [-0.2, -0.15) is 0 Å². The van der Waals surface area contributed by atoms with Crippen molar-refractivity contribution in [3.05, 3.63) is 22.1 Å². The second-order valence-electron chi connectivity index (χ2n) is 2.13. The van der Waals surface area contributed by atoms with Gasteiger partial charge in [0.15, 0.2) is 5.13 Å². The van der Waals surface area contributed by atoms with Gasteiger partial charge in [-0.1, -0.05) is 11.3 Å². The zero-order chi connectivity index (χ0) is 10.6. The Labute approximate surface area is 91.6 Å². The van der Waals surface area contributed by atoms with Crippen molar-refractivity contribution in [2.75, 3.05) is 5.32 Å². The Morgan fingerprint density at radius 2 is 2.29 bits per heavy atom. The first kappa shape index (κ1) is 10.9. The van der Waals surface area contributed by atoms with Gasteiger partial charge in [-0.05, 0) is 15.9 Å². The second kappa shape index (κ2) is 4.87. The molecule has 0 atom stereocenters. The maximum atomic E-state index is 11.0. The lowest BCUT2D eigenvalue weighted by Gasteiger charge is -1.93. The Bertz CT molecular complexity index is 388. The van der Waals surface area contributed by atoms with Crippen molar-refractivity contribution in [1.82, 2.24) is 4.98 Å². The summed E-state index contributed by atoms with van der Waals surface area (Å²) in [7, 11) is 0. The number of carbonyl (C=O) groups excluding carboxylic acids is 1. The molecule has 1 rings (SSSR count). The van der Waals surface area contributed by atoms with Gasteiger partial charge in [0.1, 0.15) is 0 Å². The molecule has 0 fully saturated rings. The molecule has 0 aliphatic carbocycles. The number of anilines is 1. The number of hydrogen-bond acceptors (Lipinski definition) is 4. The van der Waals surface area contributed by atoms with Gasteiger partial charge in [0, 0.05) is 12.2 Å². The Kier molecular flexibility index (Phi) is 3.78. The lowest BCUT2D eigenvalue weighted by molar-refractivity contribution is -0.131. The van der Waals surface area contributed by atoms with Crippen molar-refractivity contribution in [3.8, 4) is 0 Å². The number of hydrogen-bond donors (Lipinski definition) is 2. The third kappa shape index (κ3) is 3.67. The standard InChI is InChI=1S/C7H5BrN2O3S/c8-4-3-9-7(14-4)10-5(11)1-2-6(12)13/h1-3H,(H,12,13)(H,9,10,11)/b2-1-. The Hall–Kier alpha value is -1.21. The molecule has 0 unspecified atom stereocenters. The fraction of sp³-hybridized carbons (Fsp3) is 0. The van der Waals surface area contributed by atoms with Gasteiger partial charge in [-0.3, -0.25) is 10.1 Å². The highest BCUT2D eigenvalue weighted by Crippen LogP contribution is 2.22. The second-order valence-corrected chi connectivity index (χ2v) is 4.54. The molecule has 74 valence electrons. The molecule has 7 heteroatoms. The lowest BCUT2D eigenvalue weighted by Crippen LogP contribution is -2.08. The first-order chi connectivity index (χ1) is 6.58. The van der Waals surface area contributed by atoms with Gasteiger partial charge in [-0.25, -0.2) is 9.78 Å². The first-order valence-electron chi connectivity index (χ1n) is 3.41. The van der Waals surface area contributed by atoms with E-state index in [1.165, 1.54) is 11.3 Å². The van der Waals surface area contributed by atoms with Crippen LogP contribution in [-0.4, -0.2) is 22.0 Å². The molecular weight excluding hydrogens is 272 g/mol. The quantitative estimate of drug-likeness (QED) is 0.820. The number of carboxylic acids is 1. The molecule has 1 aromatic heterocycles. The van der Waals surface area contributed by atoms with Crippen molar-refractivity contribution in [2.45, 2.75) is 0 Å². The molecule has 5 nitrogen and oxygen atoms in total. The van der Waals surface area contributed by atoms with Crippen LogP contribution in [0, 0.1) is 0 Å². The van der Waals surface area contributed by atoms with Crippen LogP contribution in [0.15, 0.2) is 22.1 Å². The fourth-order valence-corrected chi connectivity index (χ4v) is 1.72. The molecule has 14 heavy (non-hydrogen) atoms. The average molecular weight is 277 g/mol. The minimum absolute atomic E-state index is 0.414. The van der Waals surface area contributed by atoms with E-state index in [2.05, 4.69) is 26.2 Å². The van der Waals surface area contributed by atoms with Crippen LogP contribution in [0.4, 0.5) is 5.13 Å². The number of amides is 1. The van der Waals surface area contributed by atoms with Crippen molar-refractivity contribution in [1.29, 1.82) is 0 Å². The number of carbonyl (C=O) groups is 2. The predicted octanol–water partition coefficient (Wildman–Crippen LogP) is 1.48. The third-order valence-electron chi connectivity index (χ3n) is 1.08. The predicted molar refractivity (Wildman–Crippen MR) is 55.2 cm³/mol. The maximum Gasteiger partial charge on any atom is 0.328 e. The van der Waals surface area contributed by atoms with Crippen LogP contribution >= 0.6 is 27.3 Å². The maximum absolute atomic E-state index is 11.0. The Morgan fingerprint density at radius 3 is 2.79 bits per heavy atom. The van der Waals surface area contributed by atoms with Crippen LogP contribution in [0.2, 0.25) is 0 Å². The molecule has 0 saturated carbocycles. The Balaban J connectivity index is 2.53. The smallest absolute Gasteiger partial charge is 0.328 e. The third-order valence-corrected chi connectivity index (χ3v) is 2.48. The Morgan fingerprint density at radius 1 is 1.57 bits per heavy atom. The summed E-state index contributed by atoms with van der Waals surface area (Å²) in [6.07, 6.45) is 3.23. The van der Waals surface area contributed by atoms with E-state index in [9.17, 15) is 9.59 Å². The fourth-order valence-electron chi connectivity index (χ4n) is 0.606. The first-order valence-corrected chi connectivity index (χ1v) is 5.02. The van der Waals surface area contributed by atoms with Crippen LogP contribution in [0.1, 0.15) is 0 Å². The van der Waals surface area contributed by atoms with Crippen LogP contribution in [0.5, 0.6) is 0 Å². The van der Waals surface area contributed by atoms with E-state index >= 15 is 0 Å². The van der Waals surface area contributed by atoms with E-state index in [0.717, 1.165) is 15.9 Å². The summed E-state index contributed by atoms with van der Waals surface area (Å²) in [5.74, 6) is -1.69. The van der Waals surface area contributed by atoms with E-state index in [1.54, 1.807) is 6.20 Å². The van der Waals surface area contributed by atoms with Crippen molar-refractivity contribution in [3.63, 3.8) is 0 Å². The van der Waals surface area contributed by atoms with Gasteiger partial charge in [0.05, 0.1) is 9.98 Å². The average Bonchev–Trinajstić information content (AvgIpc) is 2.48. The molecule has 0 radical (unpaired) electrons. The van der Waals surface area contributed by atoms with Gasteiger partial charge >= 0.3 is 5.97 Å². The van der Waals surface area contributed by atoms with Crippen LogP contribution in [-0.2, 0) is 9.59 Å². The number of aromatic nitrogens is 1. The highest BCUT2D eigenvalue weighted by Gasteiger charge is 2.02. The number of rotatable bonds is 3. The number of carboxylic acid groups (broad SMARTS) is 1. The molecule has 0 saturated heterocycles. The molecule has 0 aliphatic heterocycles. The zero-order valence-electron chi connectivity index (χ0n) is 6.73. The normalized spacial score (nSPS) is 10.4. The highest BCUT2D eigenvalue weighted by molar-refractivity contribution is 9.11.